The van der Waals surface area contributed by atoms with Crippen LogP contribution in [0.15, 0.2) is 47.4 Å². The molecule has 3 rings (SSSR count). The first-order valence-electron chi connectivity index (χ1n) is 8.31. The predicted molar refractivity (Wildman–Crippen MR) is 97.6 cm³/mol. The van der Waals surface area contributed by atoms with Gasteiger partial charge in [-0.3, -0.25) is 9.59 Å². The fourth-order valence-electron chi connectivity index (χ4n) is 2.95. The van der Waals surface area contributed by atoms with E-state index in [1.54, 1.807) is 12.1 Å². The van der Waals surface area contributed by atoms with Gasteiger partial charge >= 0.3 is 0 Å². The molecule has 1 atom stereocenters. The third-order valence-corrected chi connectivity index (χ3v) is 5.11. The minimum Gasteiger partial charge on any atom is -0.507 e. The number of carbonyl (C=O) groups is 2. The van der Waals surface area contributed by atoms with Crippen molar-refractivity contribution in [3.63, 3.8) is 0 Å². The van der Waals surface area contributed by atoms with Crippen molar-refractivity contribution < 1.29 is 28.9 Å². The Morgan fingerprint density at radius 3 is 2.56 bits per heavy atom. The van der Waals surface area contributed by atoms with Gasteiger partial charge in [-0.05, 0) is 35.7 Å². The molecule has 2 aromatic rings. The second-order valence-corrected chi connectivity index (χ2v) is 6.83. The van der Waals surface area contributed by atoms with Crippen LogP contribution >= 0.6 is 11.3 Å². The minimum absolute atomic E-state index is 0.0313. The zero-order valence-corrected chi connectivity index (χ0v) is 15.1. The highest BCUT2D eigenvalue weighted by molar-refractivity contribution is 7.10. The Morgan fingerprint density at radius 2 is 1.93 bits per heavy atom. The Morgan fingerprint density at radius 1 is 1.19 bits per heavy atom. The SMILES string of the molecule is O=C1C(=O)N(CCOCCO)[C@H](c2cccs2)C1=C(O)c1ccc(F)cc1. The number of likely N-dealkylation sites (tertiary alicyclic amines) is 1. The molecular weight excluding hydrogens is 373 g/mol. The number of ketones is 1. The summed E-state index contributed by atoms with van der Waals surface area (Å²) in [5.74, 6) is -2.34. The van der Waals surface area contributed by atoms with E-state index in [2.05, 4.69) is 0 Å². The van der Waals surface area contributed by atoms with Crippen LogP contribution in [0.5, 0.6) is 0 Å². The number of hydrogen-bond acceptors (Lipinski definition) is 6. The molecule has 1 saturated heterocycles. The summed E-state index contributed by atoms with van der Waals surface area (Å²) in [4.78, 5) is 27.2. The normalized spacial score (nSPS) is 19.0. The first-order valence-corrected chi connectivity index (χ1v) is 9.19. The molecule has 1 aromatic carbocycles. The Labute approximate surface area is 159 Å². The van der Waals surface area contributed by atoms with E-state index in [0.717, 1.165) is 4.88 Å². The number of nitrogens with zero attached hydrogens (tertiary/aromatic N) is 1. The molecule has 1 amide bonds. The van der Waals surface area contributed by atoms with Gasteiger partial charge in [0.25, 0.3) is 11.7 Å². The number of hydrogen-bond donors (Lipinski definition) is 2. The number of ether oxygens (including phenoxy) is 1. The van der Waals surface area contributed by atoms with Gasteiger partial charge in [0.1, 0.15) is 11.6 Å². The minimum atomic E-state index is -0.794. The lowest BCUT2D eigenvalue weighted by molar-refractivity contribution is -0.140. The summed E-state index contributed by atoms with van der Waals surface area (Å²) in [6.07, 6.45) is 0. The van der Waals surface area contributed by atoms with Gasteiger partial charge in [-0.1, -0.05) is 6.07 Å². The van der Waals surface area contributed by atoms with Crippen LogP contribution in [0.4, 0.5) is 4.39 Å². The van der Waals surface area contributed by atoms with Crippen LogP contribution in [-0.4, -0.2) is 53.2 Å². The van der Waals surface area contributed by atoms with Gasteiger partial charge in [-0.2, -0.15) is 0 Å². The number of Topliss-reactive ketones (excluding diaryl/α,β-unsaturated/α-hetero) is 1. The van der Waals surface area contributed by atoms with Crippen molar-refractivity contribution in [2.45, 2.75) is 6.04 Å². The predicted octanol–water partition coefficient (Wildman–Crippen LogP) is 2.32. The summed E-state index contributed by atoms with van der Waals surface area (Å²) in [6.45, 7) is 0.264. The zero-order valence-electron chi connectivity index (χ0n) is 14.3. The van der Waals surface area contributed by atoms with Gasteiger partial charge in [-0.25, -0.2) is 4.39 Å². The lowest BCUT2D eigenvalue weighted by atomic mass is 10.00. The monoisotopic (exact) mass is 391 g/mol. The maximum Gasteiger partial charge on any atom is 0.295 e. The van der Waals surface area contributed by atoms with Gasteiger partial charge in [0.05, 0.1) is 31.4 Å². The smallest absolute Gasteiger partial charge is 0.295 e. The van der Waals surface area contributed by atoms with Crippen LogP contribution in [0.3, 0.4) is 0 Å². The number of rotatable bonds is 7. The molecule has 1 aliphatic rings. The van der Waals surface area contributed by atoms with Gasteiger partial charge in [-0.15, -0.1) is 11.3 Å². The number of aliphatic hydroxyl groups excluding tert-OH is 2. The summed E-state index contributed by atoms with van der Waals surface area (Å²) < 4.78 is 18.4. The van der Waals surface area contributed by atoms with Crippen LogP contribution < -0.4 is 0 Å². The second-order valence-electron chi connectivity index (χ2n) is 5.85. The van der Waals surface area contributed by atoms with E-state index in [-0.39, 0.29) is 43.3 Å². The average Bonchev–Trinajstić information content (AvgIpc) is 3.27. The van der Waals surface area contributed by atoms with Crippen LogP contribution in [0.2, 0.25) is 0 Å². The molecule has 0 saturated carbocycles. The van der Waals surface area contributed by atoms with E-state index < -0.39 is 23.5 Å². The molecule has 0 aliphatic carbocycles. The highest BCUT2D eigenvalue weighted by Crippen LogP contribution is 2.40. The first kappa shape index (κ1) is 19.2. The quantitative estimate of drug-likeness (QED) is 0.327. The number of benzene rings is 1. The number of thiophene rings is 1. The maximum absolute atomic E-state index is 13.2. The van der Waals surface area contributed by atoms with Crippen LogP contribution in [0.1, 0.15) is 16.5 Å². The molecular formula is C19H18FNO5S. The molecule has 1 aliphatic heterocycles. The largest absolute Gasteiger partial charge is 0.507 e. The molecule has 142 valence electrons. The van der Waals surface area contributed by atoms with E-state index in [4.69, 9.17) is 9.84 Å². The summed E-state index contributed by atoms with van der Waals surface area (Å²) in [7, 11) is 0. The van der Waals surface area contributed by atoms with Crippen LogP contribution in [0, 0.1) is 5.82 Å². The molecule has 0 unspecified atom stereocenters. The molecule has 0 bridgehead atoms. The molecule has 2 N–H and O–H groups in total. The van der Waals surface area contributed by atoms with Crippen molar-refractivity contribution >= 4 is 28.8 Å². The molecule has 6 nitrogen and oxygen atoms in total. The average molecular weight is 391 g/mol. The summed E-state index contributed by atoms with van der Waals surface area (Å²) in [6, 6.07) is 7.89. The molecule has 1 aromatic heterocycles. The maximum atomic E-state index is 13.2. The van der Waals surface area contributed by atoms with Crippen molar-refractivity contribution in [3.05, 3.63) is 63.6 Å². The number of amides is 1. The van der Waals surface area contributed by atoms with E-state index in [1.165, 1.54) is 40.5 Å². The molecule has 27 heavy (non-hydrogen) atoms. The summed E-state index contributed by atoms with van der Waals surface area (Å²) in [5.41, 5.74) is 0.226. The van der Waals surface area contributed by atoms with E-state index in [1.807, 2.05) is 5.38 Å². The Balaban J connectivity index is 2.00. The Kier molecular flexibility index (Phi) is 6.00. The Bertz CT molecular complexity index is 847. The second kappa shape index (κ2) is 8.43. The van der Waals surface area contributed by atoms with Crippen molar-refractivity contribution in [3.8, 4) is 0 Å². The number of aliphatic hydroxyl groups is 2. The van der Waals surface area contributed by atoms with Crippen molar-refractivity contribution in [2.75, 3.05) is 26.4 Å². The fourth-order valence-corrected chi connectivity index (χ4v) is 3.79. The highest BCUT2D eigenvalue weighted by Gasteiger charge is 2.46. The van der Waals surface area contributed by atoms with Gasteiger partial charge in [0.2, 0.25) is 0 Å². The zero-order chi connectivity index (χ0) is 19.4. The van der Waals surface area contributed by atoms with Crippen LogP contribution in [0.25, 0.3) is 5.76 Å². The highest BCUT2D eigenvalue weighted by atomic mass is 32.1. The van der Waals surface area contributed by atoms with Crippen molar-refractivity contribution in [1.29, 1.82) is 0 Å². The van der Waals surface area contributed by atoms with Gasteiger partial charge in [0, 0.05) is 17.0 Å². The molecule has 8 heteroatoms. The summed E-state index contributed by atoms with van der Waals surface area (Å²) in [5, 5.41) is 21.3. The van der Waals surface area contributed by atoms with Crippen LogP contribution in [-0.2, 0) is 14.3 Å². The standard InChI is InChI=1S/C19H18FNO5S/c20-13-5-3-12(4-6-13)17(23)15-16(14-2-1-11-27-14)21(19(25)18(15)24)7-9-26-10-8-22/h1-6,11,16,22-23H,7-10H2/t16-/m1/s1. The first-order chi connectivity index (χ1) is 13.0. The summed E-state index contributed by atoms with van der Waals surface area (Å²) >= 11 is 1.36. The fraction of sp³-hybridized carbons (Fsp3) is 0.263. The topological polar surface area (TPSA) is 87.1 Å². The molecule has 0 spiro atoms. The molecule has 0 radical (unpaired) electrons. The molecule has 2 heterocycles. The van der Waals surface area contributed by atoms with Gasteiger partial charge in [0.15, 0.2) is 0 Å². The van der Waals surface area contributed by atoms with Gasteiger partial charge < -0.3 is 19.8 Å². The molecule has 1 fully saturated rings. The number of halogens is 1. The lowest BCUT2D eigenvalue weighted by Gasteiger charge is -2.23. The third kappa shape index (κ3) is 3.92. The van der Waals surface area contributed by atoms with E-state index in [9.17, 15) is 19.1 Å². The lowest BCUT2D eigenvalue weighted by Crippen LogP contribution is -2.32. The van der Waals surface area contributed by atoms with E-state index >= 15 is 0 Å². The van der Waals surface area contributed by atoms with Crippen molar-refractivity contribution in [1.82, 2.24) is 4.90 Å². The van der Waals surface area contributed by atoms with E-state index in [0.29, 0.717) is 0 Å². The third-order valence-electron chi connectivity index (χ3n) is 4.18. The number of carbonyl (C=O) groups excluding carboxylic acids is 2. The Hall–Kier alpha value is -2.55. The van der Waals surface area contributed by atoms with Crippen molar-refractivity contribution in [2.24, 2.45) is 0 Å².